The van der Waals surface area contributed by atoms with Crippen LogP contribution in [0.3, 0.4) is 0 Å². The molecule has 38 heavy (non-hydrogen) atoms. The molecule has 2 aromatic carbocycles. The number of hydrogen-bond acceptors (Lipinski definition) is 9. The first kappa shape index (κ1) is 24.9. The van der Waals surface area contributed by atoms with Crippen LogP contribution in [0.1, 0.15) is 32.4 Å². The van der Waals surface area contributed by atoms with Crippen LogP contribution in [0.5, 0.6) is 11.5 Å². The summed E-state index contributed by atoms with van der Waals surface area (Å²) in [5.74, 6) is 3.08. The Morgan fingerprint density at radius 2 is 1.84 bits per heavy atom. The van der Waals surface area contributed by atoms with Crippen molar-refractivity contribution in [3.63, 3.8) is 0 Å². The van der Waals surface area contributed by atoms with Gasteiger partial charge in [0.1, 0.15) is 16.5 Å². The molecule has 2 aromatic heterocycles. The van der Waals surface area contributed by atoms with E-state index in [4.69, 9.17) is 9.47 Å². The molecule has 0 spiro atoms. The molecule has 9 nitrogen and oxygen atoms in total. The zero-order valence-corrected chi connectivity index (χ0v) is 22.9. The molecule has 4 heterocycles. The number of aryl methyl sites for hydroxylation is 2. The SMILES string of the molecule is Cc1ccccc1-n1c(C)nnc1SCc1nc(C(=O)N2CCN(Cc3ccc4c(c3)OCO4)CC2)cs1. The fraction of sp³-hybridized carbons (Fsp3) is 0.333. The highest BCUT2D eigenvalue weighted by Crippen LogP contribution is 2.33. The van der Waals surface area contributed by atoms with Gasteiger partial charge in [-0.05, 0) is 43.2 Å². The number of hydrogen-bond donors (Lipinski definition) is 0. The van der Waals surface area contributed by atoms with Crippen molar-refractivity contribution in [3.8, 4) is 17.2 Å². The minimum Gasteiger partial charge on any atom is -0.454 e. The first-order chi connectivity index (χ1) is 18.5. The summed E-state index contributed by atoms with van der Waals surface area (Å²) in [5.41, 5.74) is 3.94. The molecule has 6 rings (SSSR count). The third-order valence-electron chi connectivity index (χ3n) is 6.75. The number of amides is 1. The molecular weight excluding hydrogens is 520 g/mol. The van der Waals surface area contributed by atoms with E-state index in [1.807, 2.05) is 41.5 Å². The Labute approximate surface area is 229 Å². The van der Waals surface area contributed by atoms with Gasteiger partial charge >= 0.3 is 0 Å². The molecule has 1 saturated heterocycles. The van der Waals surface area contributed by atoms with Gasteiger partial charge in [0.15, 0.2) is 16.7 Å². The summed E-state index contributed by atoms with van der Waals surface area (Å²) in [6.07, 6.45) is 0. The third kappa shape index (κ3) is 5.13. The molecule has 4 aromatic rings. The molecule has 11 heteroatoms. The van der Waals surface area contributed by atoms with Gasteiger partial charge in [-0.2, -0.15) is 0 Å². The lowest BCUT2D eigenvalue weighted by atomic mass is 10.1. The van der Waals surface area contributed by atoms with Crippen LogP contribution in [0, 0.1) is 13.8 Å². The van der Waals surface area contributed by atoms with Crippen LogP contribution in [0.25, 0.3) is 5.69 Å². The minimum atomic E-state index is -0.000786. The second kappa shape index (κ2) is 10.8. The number of ether oxygens (including phenoxy) is 2. The van der Waals surface area contributed by atoms with Gasteiger partial charge in [0.2, 0.25) is 6.79 Å². The van der Waals surface area contributed by atoms with Gasteiger partial charge in [0.25, 0.3) is 5.91 Å². The van der Waals surface area contributed by atoms with Crippen molar-refractivity contribution >= 4 is 29.0 Å². The smallest absolute Gasteiger partial charge is 0.273 e. The van der Waals surface area contributed by atoms with E-state index in [0.29, 0.717) is 24.5 Å². The topological polar surface area (TPSA) is 85.6 Å². The van der Waals surface area contributed by atoms with Crippen LogP contribution in [0.2, 0.25) is 0 Å². The molecule has 0 atom stereocenters. The highest BCUT2D eigenvalue weighted by Gasteiger charge is 2.25. The molecule has 0 N–H and O–H groups in total. The van der Waals surface area contributed by atoms with Gasteiger partial charge in [-0.3, -0.25) is 14.3 Å². The summed E-state index contributed by atoms with van der Waals surface area (Å²) in [6.45, 7) is 8.15. The number of fused-ring (bicyclic) bond motifs is 1. The summed E-state index contributed by atoms with van der Waals surface area (Å²) in [7, 11) is 0. The number of rotatable bonds is 7. The second-order valence-corrected chi connectivity index (χ2v) is 11.2. The van der Waals surface area contributed by atoms with Gasteiger partial charge in [-0.1, -0.05) is 36.0 Å². The highest BCUT2D eigenvalue weighted by molar-refractivity contribution is 7.98. The molecule has 0 saturated carbocycles. The monoisotopic (exact) mass is 548 g/mol. The predicted molar refractivity (Wildman–Crippen MR) is 146 cm³/mol. The number of para-hydroxylation sites is 1. The molecule has 0 bridgehead atoms. The van der Waals surface area contributed by atoms with Crippen molar-refractivity contribution in [2.75, 3.05) is 33.0 Å². The van der Waals surface area contributed by atoms with Gasteiger partial charge in [-0.15, -0.1) is 21.5 Å². The Morgan fingerprint density at radius 1 is 1.03 bits per heavy atom. The van der Waals surface area contributed by atoms with E-state index in [0.717, 1.165) is 58.4 Å². The van der Waals surface area contributed by atoms with Gasteiger partial charge in [0.05, 0.1) is 11.4 Å². The van der Waals surface area contributed by atoms with Crippen LogP contribution in [-0.2, 0) is 12.3 Å². The fourth-order valence-electron chi connectivity index (χ4n) is 4.70. The van der Waals surface area contributed by atoms with E-state index >= 15 is 0 Å². The number of thiazole rings is 1. The molecular formula is C27H28N6O3S2. The second-order valence-electron chi connectivity index (χ2n) is 9.32. The lowest BCUT2D eigenvalue weighted by Gasteiger charge is -2.34. The van der Waals surface area contributed by atoms with Gasteiger partial charge < -0.3 is 14.4 Å². The summed E-state index contributed by atoms with van der Waals surface area (Å²) in [6, 6.07) is 14.3. The lowest BCUT2D eigenvalue weighted by molar-refractivity contribution is 0.0623. The molecule has 0 radical (unpaired) electrons. The van der Waals surface area contributed by atoms with Crippen molar-refractivity contribution in [2.45, 2.75) is 31.3 Å². The fourth-order valence-corrected chi connectivity index (χ4v) is 6.47. The Hall–Kier alpha value is -3.41. The summed E-state index contributed by atoms with van der Waals surface area (Å²) < 4.78 is 13.0. The number of nitrogens with zero attached hydrogens (tertiary/aromatic N) is 6. The standard InChI is InChI=1S/C27H28N6O3S2/c1-18-5-3-4-6-22(18)33-19(2)29-30-27(33)38-16-25-28-21(15-37-25)26(34)32-11-9-31(10-12-32)14-20-7-8-23-24(13-20)36-17-35-23/h3-8,13,15H,9-12,14,16-17H2,1-2H3. The van der Waals surface area contributed by atoms with Gasteiger partial charge in [-0.25, -0.2) is 4.98 Å². The van der Waals surface area contributed by atoms with Crippen LogP contribution in [-0.4, -0.2) is 68.4 Å². The van der Waals surface area contributed by atoms with Crippen molar-refractivity contribution in [1.29, 1.82) is 0 Å². The quantitative estimate of drug-likeness (QED) is 0.316. The molecule has 1 amide bonds. The van der Waals surface area contributed by atoms with E-state index in [-0.39, 0.29) is 12.7 Å². The Balaban J connectivity index is 1.04. The van der Waals surface area contributed by atoms with Crippen LogP contribution in [0.15, 0.2) is 53.0 Å². The van der Waals surface area contributed by atoms with E-state index in [9.17, 15) is 4.79 Å². The number of aromatic nitrogens is 4. The van der Waals surface area contributed by atoms with Crippen molar-refractivity contribution in [2.24, 2.45) is 0 Å². The molecule has 1 fully saturated rings. The average Bonchev–Trinajstić information content (AvgIpc) is 3.68. The third-order valence-corrected chi connectivity index (χ3v) is 8.72. The van der Waals surface area contributed by atoms with Crippen molar-refractivity contribution in [1.82, 2.24) is 29.5 Å². The maximum Gasteiger partial charge on any atom is 0.273 e. The largest absolute Gasteiger partial charge is 0.454 e. The molecule has 0 unspecified atom stereocenters. The van der Waals surface area contributed by atoms with E-state index < -0.39 is 0 Å². The van der Waals surface area contributed by atoms with Crippen molar-refractivity contribution < 1.29 is 14.3 Å². The van der Waals surface area contributed by atoms with Gasteiger partial charge in [0, 0.05) is 38.1 Å². The minimum absolute atomic E-state index is 0.000786. The summed E-state index contributed by atoms with van der Waals surface area (Å²) in [5, 5.41) is 12.3. The molecule has 0 aliphatic carbocycles. The Morgan fingerprint density at radius 3 is 2.68 bits per heavy atom. The number of carbonyl (C=O) groups is 1. The number of thioether (sulfide) groups is 1. The first-order valence-electron chi connectivity index (χ1n) is 12.5. The van der Waals surface area contributed by atoms with E-state index in [1.165, 1.54) is 16.9 Å². The first-order valence-corrected chi connectivity index (χ1v) is 14.4. The van der Waals surface area contributed by atoms with E-state index in [1.54, 1.807) is 11.8 Å². The lowest BCUT2D eigenvalue weighted by Crippen LogP contribution is -2.48. The van der Waals surface area contributed by atoms with Crippen LogP contribution >= 0.6 is 23.1 Å². The summed E-state index contributed by atoms with van der Waals surface area (Å²) in [4.78, 5) is 22.1. The number of benzene rings is 2. The molecule has 2 aliphatic heterocycles. The summed E-state index contributed by atoms with van der Waals surface area (Å²) >= 11 is 3.10. The molecule has 2 aliphatic rings. The van der Waals surface area contributed by atoms with Crippen LogP contribution in [0.4, 0.5) is 0 Å². The number of piperazine rings is 1. The maximum atomic E-state index is 13.1. The average molecular weight is 549 g/mol. The maximum absolute atomic E-state index is 13.1. The zero-order chi connectivity index (χ0) is 26.1. The highest BCUT2D eigenvalue weighted by atomic mass is 32.2. The Bertz CT molecular complexity index is 1460. The number of carbonyl (C=O) groups excluding carboxylic acids is 1. The normalized spacial score (nSPS) is 15.3. The predicted octanol–water partition coefficient (Wildman–Crippen LogP) is 4.32. The Kier molecular flexibility index (Phi) is 7.05. The zero-order valence-electron chi connectivity index (χ0n) is 21.3. The van der Waals surface area contributed by atoms with E-state index in [2.05, 4.69) is 49.8 Å². The van der Waals surface area contributed by atoms with Crippen molar-refractivity contribution in [3.05, 3.63) is 75.5 Å². The molecule has 196 valence electrons. The van der Waals surface area contributed by atoms with Crippen LogP contribution < -0.4 is 9.47 Å².